The Bertz CT molecular complexity index is 524. The van der Waals surface area contributed by atoms with E-state index in [4.69, 9.17) is 15.2 Å². The van der Waals surface area contributed by atoms with Crippen molar-refractivity contribution < 1.29 is 9.47 Å². The van der Waals surface area contributed by atoms with Gasteiger partial charge in [0, 0.05) is 22.4 Å². The van der Waals surface area contributed by atoms with Crippen molar-refractivity contribution in [3.8, 4) is 11.5 Å². The minimum Gasteiger partial charge on any atom is -0.494 e. The summed E-state index contributed by atoms with van der Waals surface area (Å²) in [6.45, 7) is 5.15. The van der Waals surface area contributed by atoms with Crippen molar-refractivity contribution >= 4 is 11.3 Å². The SMILES string of the molecule is CCOc1cccc(OC(CN)c2ccc(C)s2)c1. The van der Waals surface area contributed by atoms with Crippen LogP contribution in [0.25, 0.3) is 0 Å². The number of aryl methyl sites for hydroxylation is 1. The van der Waals surface area contributed by atoms with Crippen LogP contribution >= 0.6 is 11.3 Å². The fourth-order valence-electron chi connectivity index (χ4n) is 1.82. The van der Waals surface area contributed by atoms with Crippen LogP contribution in [0.4, 0.5) is 0 Å². The molecule has 1 aromatic carbocycles. The van der Waals surface area contributed by atoms with E-state index >= 15 is 0 Å². The van der Waals surface area contributed by atoms with Crippen molar-refractivity contribution in [2.24, 2.45) is 5.73 Å². The molecule has 0 bridgehead atoms. The standard InChI is InChI=1S/C15H19NO2S/c1-3-17-12-5-4-6-13(9-12)18-14(10-16)15-8-7-11(2)19-15/h4-9,14H,3,10,16H2,1-2H3. The molecule has 1 heterocycles. The molecular formula is C15H19NO2S. The number of hydrogen-bond acceptors (Lipinski definition) is 4. The Kier molecular flexibility index (Phi) is 4.82. The van der Waals surface area contributed by atoms with Crippen molar-refractivity contribution in [1.29, 1.82) is 0 Å². The van der Waals surface area contributed by atoms with Gasteiger partial charge in [-0.1, -0.05) is 6.07 Å². The maximum absolute atomic E-state index is 5.96. The first kappa shape index (κ1) is 13.9. The number of rotatable bonds is 6. The Labute approximate surface area is 118 Å². The van der Waals surface area contributed by atoms with E-state index in [1.165, 1.54) is 4.88 Å². The largest absolute Gasteiger partial charge is 0.494 e. The summed E-state index contributed by atoms with van der Waals surface area (Å²) in [6.07, 6.45) is -0.101. The molecule has 0 aliphatic carbocycles. The maximum Gasteiger partial charge on any atom is 0.145 e. The summed E-state index contributed by atoms with van der Waals surface area (Å²) < 4.78 is 11.4. The molecule has 1 aromatic heterocycles. The second kappa shape index (κ2) is 6.59. The number of thiophene rings is 1. The molecule has 2 aromatic rings. The minimum absolute atomic E-state index is 0.101. The number of benzene rings is 1. The Balaban J connectivity index is 2.11. The summed E-state index contributed by atoms with van der Waals surface area (Å²) in [5, 5.41) is 0. The van der Waals surface area contributed by atoms with Gasteiger partial charge in [0.1, 0.15) is 17.6 Å². The molecule has 102 valence electrons. The van der Waals surface area contributed by atoms with Crippen LogP contribution in [0.3, 0.4) is 0 Å². The minimum atomic E-state index is -0.101. The Hall–Kier alpha value is -1.52. The molecular weight excluding hydrogens is 258 g/mol. The van der Waals surface area contributed by atoms with Gasteiger partial charge in [0.2, 0.25) is 0 Å². The van der Waals surface area contributed by atoms with Crippen LogP contribution in [0.1, 0.15) is 22.8 Å². The third-order valence-corrected chi connectivity index (χ3v) is 3.78. The van der Waals surface area contributed by atoms with Gasteiger partial charge < -0.3 is 15.2 Å². The van der Waals surface area contributed by atoms with Gasteiger partial charge in [0.25, 0.3) is 0 Å². The lowest BCUT2D eigenvalue weighted by Crippen LogP contribution is -2.17. The van der Waals surface area contributed by atoms with Crippen LogP contribution < -0.4 is 15.2 Å². The van der Waals surface area contributed by atoms with Gasteiger partial charge in [-0.15, -0.1) is 11.3 Å². The average Bonchev–Trinajstić information content (AvgIpc) is 2.83. The summed E-state index contributed by atoms with van der Waals surface area (Å²) in [5.74, 6) is 1.60. The predicted molar refractivity (Wildman–Crippen MR) is 79.1 cm³/mol. The fourth-order valence-corrected chi connectivity index (χ4v) is 2.74. The first-order valence-corrected chi connectivity index (χ1v) is 7.20. The van der Waals surface area contributed by atoms with Gasteiger partial charge in [-0.05, 0) is 38.1 Å². The molecule has 0 saturated carbocycles. The molecule has 2 rings (SSSR count). The van der Waals surface area contributed by atoms with Crippen LogP contribution in [0.15, 0.2) is 36.4 Å². The summed E-state index contributed by atoms with van der Waals surface area (Å²) >= 11 is 1.72. The first-order chi connectivity index (χ1) is 9.22. The predicted octanol–water partition coefficient (Wildman–Crippen LogP) is 3.53. The molecule has 1 unspecified atom stereocenters. The highest BCUT2D eigenvalue weighted by Gasteiger charge is 2.13. The summed E-state index contributed by atoms with van der Waals surface area (Å²) in [7, 11) is 0. The lowest BCUT2D eigenvalue weighted by molar-refractivity contribution is 0.216. The highest BCUT2D eigenvalue weighted by atomic mass is 32.1. The van der Waals surface area contributed by atoms with Crippen LogP contribution in [-0.2, 0) is 0 Å². The van der Waals surface area contributed by atoms with E-state index < -0.39 is 0 Å². The Morgan fingerprint density at radius 3 is 2.63 bits per heavy atom. The molecule has 0 radical (unpaired) electrons. The van der Waals surface area contributed by atoms with Crippen molar-refractivity contribution in [3.05, 3.63) is 46.2 Å². The average molecular weight is 277 g/mol. The highest BCUT2D eigenvalue weighted by molar-refractivity contribution is 7.12. The maximum atomic E-state index is 5.96. The van der Waals surface area contributed by atoms with Gasteiger partial charge in [0.05, 0.1) is 6.61 Å². The molecule has 4 heteroatoms. The van der Waals surface area contributed by atoms with Gasteiger partial charge >= 0.3 is 0 Å². The van der Waals surface area contributed by atoms with E-state index in [2.05, 4.69) is 19.1 Å². The molecule has 2 N–H and O–H groups in total. The molecule has 0 spiro atoms. The van der Waals surface area contributed by atoms with Crippen molar-refractivity contribution in [2.45, 2.75) is 20.0 Å². The monoisotopic (exact) mass is 277 g/mol. The zero-order chi connectivity index (χ0) is 13.7. The van der Waals surface area contributed by atoms with Crippen LogP contribution in [-0.4, -0.2) is 13.2 Å². The third-order valence-electron chi connectivity index (χ3n) is 2.69. The lowest BCUT2D eigenvalue weighted by Gasteiger charge is -2.16. The van der Waals surface area contributed by atoms with E-state index in [-0.39, 0.29) is 6.10 Å². The second-order valence-corrected chi connectivity index (χ2v) is 5.52. The summed E-state index contributed by atoms with van der Waals surface area (Å²) in [6, 6.07) is 11.8. The fraction of sp³-hybridized carbons (Fsp3) is 0.333. The quantitative estimate of drug-likeness (QED) is 0.878. The lowest BCUT2D eigenvalue weighted by atomic mass is 10.2. The zero-order valence-corrected chi connectivity index (χ0v) is 12.1. The van der Waals surface area contributed by atoms with Crippen molar-refractivity contribution in [2.75, 3.05) is 13.2 Å². The molecule has 19 heavy (non-hydrogen) atoms. The van der Waals surface area contributed by atoms with E-state index in [9.17, 15) is 0 Å². The molecule has 0 saturated heterocycles. The van der Waals surface area contributed by atoms with Crippen LogP contribution in [0, 0.1) is 6.92 Å². The van der Waals surface area contributed by atoms with Gasteiger partial charge in [0.15, 0.2) is 0 Å². The molecule has 1 atom stereocenters. The first-order valence-electron chi connectivity index (χ1n) is 6.39. The normalized spacial score (nSPS) is 12.2. The van der Waals surface area contributed by atoms with Gasteiger partial charge in [-0.3, -0.25) is 0 Å². The Morgan fingerprint density at radius 2 is 2.00 bits per heavy atom. The van der Waals surface area contributed by atoms with Gasteiger partial charge in [-0.25, -0.2) is 0 Å². The highest BCUT2D eigenvalue weighted by Crippen LogP contribution is 2.28. The second-order valence-electron chi connectivity index (χ2n) is 4.20. The summed E-state index contributed by atoms with van der Waals surface area (Å²) in [5.41, 5.74) is 5.81. The van der Waals surface area contributed by atoms with Gasteiger partial charge in [-0.2, -0.15) is 0 Å². The van der Waals surface area contributed by atoms with Crippen molar-refractivity contribution in [1.82, 2.24) is 0 Å². The molecule has 0 aliphatic rings. The van der Waals surface area contributed by atoms with Crippen molar-refractivity contribution in [3.63, 3.8) is 0 Å². The van der Waals surface area contributed by atoms with E-state index in [1.54, 1.807) is 11.3 Å². The summed E-state index contributed by atoms with van der Waals surface area (Å²) in [4.78, 5) is 2.42. The molecule has 3 nitrogen and oxygen atoms in total. The Morgan fingerprint density at radius 1 is 1.21 bits per heavy atom. The molecule has 0 fully saturated rings. The van der Waals surface area contributed by atoms with Crippen LogP contribution in [0.2, 0.25) is 0 Å². The number of hydrogen-bond donors (Lipinski definition) is 1. The zero-order valence-electron chi connectivity index (χ0n) is 11.3. The smallest absolute Gasteiger partial charge is 0.145 e. The topological polar surface area (TPSA) is 44.5 Å². The third kappa shape index (κ3) is 3.72. The van der Waals surface area contributed by atoms with Crippen LogP contribution in [0.5, 0.6) is 11.5 Å². The number of ether oxygens (including phenoxy) is 2. The van der Waals surface area contributed by atoms with E-state index in [1.807, 2.05) is 31.2 Å². The molecule has 0 aliphatic heterocycles. The molecule has 0 amide bonds. The van der Waals surface area contributed by atoms with E-state index in [0.29, 0.717) is 13.2 Å². The van der Waals surface area contributed by atoms with E-state index in [0.717, 1.165) is 16.4 Å². The number of nitrogens with two attached hydrogens (primary N) is 1.